The van der Waals surface area contributed by atoms with E-state index in [0.717, 1.165) is 16.8 Å². The molecule has 4 rings (SSSR count). The summed E-state index contributed by atoms with van der Waals surface area (Å²) in [6.45, 7) is 2.74. The van der Waals surface area contributed by atoms with Crippen LogP contribution in [0.25, 0.3) is 16.6 Å². The molecule has 2 aromatic carbocycles. The highest BCUT2D eigenvalue weighted by Crippen LogP contribution is 2.11. The zero-order valence-corrected chi connectivity index (χ0v) is 16.8. The minimum absolute atomic E-state index is 0.0957. The summed E-state index contributed by atoms with van der Waals surface area (Å²) >= 11 is 0. The first kappa shape index (κ1) is 19.6. The van der Waals surface area contributed by atoms with E-state index in [4.69, 9.17) is 0 Å². The number of nitrogens with zero attached hydrogens (tertiary/aromatic N) is 4. The van der Waals surface area contributed by atoms with Gasteiger partial charge in [-0.15, -0.1) is 0 Å². The lowest BCUT2D eigenvalue weighted by atomic mass is 10.1. The molecule has 7 nitrogen and oxygen atoms in total. The van der Waals surface area contributed by atoms with Gasteiger partial charge in [0.2, 0.25) is 5.91 Å². The van der Waals surface area contributed by atoms with E-state index < -0.39 is 0 Å². The van der Waals surface area contributed by atoms with Gasteiger partial charge in [0.25, 0.3) is 5.56 Å². The fourth-order valence-corrected chi connectivity index (χ4v) is 3.36. The SMILES string of the molecule is Cc1cccc2c(=O)n(CCC(=O)NCCc3cnn(-c4ccccc4)c3)cnc12. The van der Waals surface area contributed by atoms with Crippen LogP contribution >= 0.6 is 0 Å². The maximum absolute atomic E-state index is 12.6. The van der Waals surface area contributed by atoms with Crippen LogP contribution in [0, 0.1) is 6.92 Å². The molecule has 0 radical (unpaired) electrons. The van der Waals surface area contributed by atoms with Crippen LogP contribution in [0.4, 0.5) is 0 Å². The molecule has 0 unspecified atom stereocenters. The van der Waals surface area contributed by atoms with Crippen LogP contribution < -0.4 is 10.9 Å². The van der Waals surface area contributed by atoms with Crippen molar-refractivity contribution < 1.29 is 4.79 Å². The molecule has 0 fully saturated rings. The maximum atomic E-state index is 12.6. The number of fused-ring (bicyclic) bond motifs is 1. The number of aromatic nitrogens is 4. The summed E-state index contributed by atoms with van der Waals surface area (Å²) in [5.41, 5.74) is 3.59. The topological polar surface area (TPSA) is 81.8 Å². The minimum atomic E-state index is -0.121. The lowest BCUT2D eigenvalue weighted by Crippen LogP contribution is -2.29. The van der Waals surface area contributed by atoms with E-state index in [1.54, 1.807) is 12.3 Å². The molecular formula is C23H23N5O2. The van der Waals surface area contributed by atoms with Crippen molar-refractivity contribution in [2.24, 2.45) is 0 Å². The summed E-state index contributed by atoms with van der Waals surface area (Å²) in [5.74, 6) is -0.0957. The summed E-state index contributed by atoms with van der Waals surface area (Å²) in [6, 6.07) is 15.4. The van der Waals surface area contributed by atoms with Crippen molar-refractivity contribution in [2.75, 3.05) is 6.54 Å². The predicted octanol–water partition coefficient (Wildman–Crippen LogP) is 2.64. The molecule has 0 aliphatic heterocycles. The molecule has 4 aromatic rings. The molecule has 1 N–H and O–H groups in total. The number of para-hydroxylation sites is 2. The number of nitrogens with one attached hydrogen (secondary N) is 1. The van der Waals surface area contributed by atoms with Crippen molar-refractivity contribution in [3.8, 4) is 5.69 Å². The van der Waals surface area contributed by atoms with Gasteiger partial charge >= 0.3 is 0 Å². The van der Waals surface area contributed by atoms with Gasteiger partial charge in [0, 0.05) is 25.7 Å². The van der Waals surface area contributed by atoms with E-state index in [-0.39, 0.29) is 17.9 Å². The molecular weight excluding hydrogens is 378 g/mol. The maximum Gasteiger partial charge on any atom is 0.261 e. The van der Waals surface area contributed by atoms with Gasteiger partial charge in [-0.2, -0.15) is 5.10 Å². The van der Waals surface area contributed by atoms with Crippen molar-refractivity contribution in [3.63, 3.8) is 0 Å². The first-order chi connectivity index (χ1) is 14.6. The van der Waals surface area contributed by atoms with E-state index in [2.05, 4.69) is 15.4 Å². The minimum Gasteiger partial charge on any atom is -0.356 e. The third-order valence-corrected chi connectivity index (χ3v) is 5.03. The Bertz CT molecular complexity index is 1230. The lowest BCUT2D eigenvalue weighted by Gasteiger charge is -2.08. The van der Waals surface area contributed by atoms with Crippen LogP contribution in [0.2, 0.25) is 0 Å². The summed E-state index contributed by atoms with van der Waals surface area (Å²) in [4.78, 5) is 29.2. The van der Waals surface area contributed by atoms with Crippen molar-refractivity contribution >= 4 is 16.8 Å². The first-order valence-electron chi connectivity index (χ1n) is 9.92. The number of amides is 1. The average molecular weight is 401 g/mol. The molecule has 2 heterocycles. The number of rotatable bonds is 7. The van der Waals surface area contributed by atoms with Crippen LogP contribution in [0.1, 0.15) is 17.5 Å². The van der Waals surface area contributed by atoms with Gasteiger partial charge < -0.3 is 5.32 Å². The molecule has 0 aliphatic carbocycles. The number of hydrogen-bond acceptors (Lipinski definition) is 4. The Hall–Kier alpha value is -3.74. The zero-order valence-electron chi connectivity index (χ0n) is 16.8. The molecule has 30 heavy (non-hydrogen) atoms. The lowest BCUT2D eigenvalue weighted by molar-refractivity contribution is -0.121. The Balaban J connectivity index is 1.29. The van der Waals surface area contributed by atoms with Crippen LogP contribution in [0.5, 0.6) is 0 Å². The van der Waals surface area contributed by atoms with Gasteiger partial charge in [0.05, 0.1) is 29.1 Å². The second-order valence-corrected chi connectivity index (χ2v) is 7.19. The smallest absolute Gasteiger partial charge is 0.261 e. The quantitative estimate of drug-likeness (QED) is 0.516. The molecule has 0 saturated carbocycles. The fourth-order valence-electron chi connectivity index (χ4n) is 3.36. The van der Waals surface area contributed by atoms with Gasteiger partial charge in [-0.3, -0.25) is 14.2 Å². The summed E-state index contributed by atoms with van der Waals surface area (Å²) in [5, 5.41) is 7.84. The highest BCUT2D eigenvalue weighted by Gasteiger charge is 2.08. The van der Waals surface area contributed by atoms with Crippen LogP contribution in [-0.2, 0) is 17.8 Å². The van der Waals surface area contributed by atoms with Gasteiger partial charge in [-0.25, -0.2) is 9.67 Å². The first-order valence-corrected chi connectivity index (χ1v) is 9.92. The van der Waals surface area contributed by atoms with E-state index >= 15 is 0 Å². The van der Waals surface area contributed by atoms with Gasteiger partial charge in [0.15, 0.2) is 0 Å². The Labute approximate surface area is 174 Å². The number of carbonyl (C=O) groups excluding carboxylic acids is 1. The van der Waals surface area contributed by atoms with Crippen molar-refractivity contribution in [3.05, 3.63) is 88.7 Å². The van der Waals surface area contributed by atoms with Crippen molar-refractivity contribution in [1.82, 2.24) is 24.6 Å². The normalized spacial score (nSPS) is 11.0. The molecule has 2 aromatic heterocycles. The molecule has 0 atom stereocenters. The average Bonchev–Trinajstić information content (AvgIpc) is 3.23. The van der Waals surface area contributed by atoms with E-state index in [1.165, 1.54) is 10.9 Å². The Morgan fingerprint density at radius 3 is 2.77 bits per heavy atom. The van der Waals surface area contributed by atoms with Gasteiger partial charge in [-0.05, 0) is 42.7 Å². The van der Waals surface area contributed by atoms with E-state index in [1.807, 2.05) is 60.3 Å². The molecule has 1 amide bonds. The molecule has 0 bridgehead atoms. The predicted molar refractivity (Wildman–Crippen MR) is 116 cm³/mol. The third-order valence-electron chi connectivity index (χ3n) is 5.03. The summed E-state index contributed by atoms with van der Waals surface area (Å²) in [7, 11) is 0. The second kappa shape index (κ2) is 8.73. The van der Waals surface area contributed by atoms with Crippen LogP contribution in [0.15, 0.2) is 72.0 Å². The molecule has 0 aliphatic rings. The monoisotopic (exact) mass is 401 g/mol. The summed E-state index contributed by atoms with van der Waals surface area (Å²) < 4.78 is 3.31. The highest BCUT2D eigenvalue weighted by atomic mass is 16.1. The Morgan fingerprint density at radius 2 is 1.93 bits per heavy atom. The second-order valence-electron chi connectivity index (χ2n) is 7.19. The van der Waals surface area contributed by atoms with E-state index in [9.17, 15) is 9.59 Å². The third kappa shape index (κ3) is 4.30. The standard InChI is InChI=1S/C23H23N5O2/c1-17-6-5-9-20-22(17)25-16-27(23(20)30)13-11-21(29)24-12-10-18-14-26-28(15-18)19-7-3-2-4-8-19/h2-9,14-16H,10-13H2,1H3,(H,24,29). The zero-order chi connectivity index (χ0) is 20.9. The number of hydrogen-bond donors (Lipinski definition) is 1. The highest BCUT2D eigenvalue weighted by molar-refractivity contribution is 5.80. The molecule has 7 heteroatoms. The number of benzene rings is 2. The van der Waals surface area contributed by atoms with E-state index in [0.29, 0.717) is 30.4 Å². The van der Waals surface area contributed by atoms with Crippen LogP contribution in [-0.4, -0.2) is 31.8 Å². The number of aryl methyl sites for hydroxylation is 2. The Morgan fingerprint density at radius 1 is 1.10 bits per heavy atom. The largest absolute Gasteiger partial charge is 0.356 e. The molecule has 152 valence electrons. The summed E-state index contributed by atoms with van der Waals surface area (Å²) in [6.07, 6.45) is 6.20. The van der Waals surface area contributed by atoms with Crippen LogP contribution in [0.3, 0.4) is 0 Å². The molecule has 0 spiro atoms. The fraction of sp³-hybridized carbons (Fsp3) is 0.217. The van der Waals surface area contributed by atoms with Crippen molar-refractivity contribution in [1.29, 1.82) is 0 Å². The van der Waals surface area contributed by atoms with Crippen molar-refractivity contribution in [2.45, 2.75) is 26.3 Å². The number of carbonyl (C=O) groups is 1. The van der Waals surface area contributed by atoms with Gasteiger partial charge in [0.1, 0.15) is 0 Å². The Kier molecular flexibility index (Phi) is 5.70. The molecule has 0 saturated heterocycles. The van der Waals surface area contributed by atoms with Gasteiger partial charge in [-0.1, -0.05) is 30.3 Å².